The fourth-order valence-corrected chi connectivity index (χ4v) is 6.44. The molecule has 0 radical (unpaired) electrons. The fourth-order valence-electron chi connectivity index (χ4n) is 6.44. The van der Waals surface area contributed by atoms with Crippen molar-refractivity contribution in [3.05, 3.63) is 85.1 Å². The van der Waals surface area contributed by atoms with E-state index < -0.39 is 6.10 Å². The van der Waals surface area contributed by atoms with Gasteiger partial charge in [-0.3, -0.25) is 14.4 Å². The molecule has 1 atom stereocenters. The largest absolute Gasteiger partial charge is 0.462 e. The van der Waals surface area contributed by atoms with Gasteiger partial charge in [-0.2, -0.15) is 0 Å². The molecule has 0 rings (SSSR count). The maximum atomic E-state index is 12.7. The zero-order valence-electron chi connectivity index (χ0n) is 38.9. The molecule has 342 valence electrons. The molecule has 0 aromatic carbocycles. The van der Waals surface area contributed by atoms with E-state index in [1.165, 1.54) is 64.2 Å². The minimum absolute atomic E-state index is 0.0922. The number of carbonyl (C=O) groups excluding carboxylic acids is 3. The third-order valence-electron chi connectivity index (χ3n) is 10.1. The highest BCUT2D eigenvalue weighted by atomic mass is 16.6. The Balaban J connectivity index is 4.28. The predicted octanol–water partition coefficient (Wildman–Crippen LogP) is 16.0. The molecule has 0 saturated carbocycles. The van der Waals surface area contributed by atoms with Gasteiger partial charge in [0.25, 0.3) is 0 Å². The maximum Gasteiger partial charge on any atom is 0.306 e. The van der Waals surface area contributed by atoms with Crippen LogP contribution in [-0.2, 0) is 28.6 Å². The van der Waals surface area contributed by atoms with Crippen molar-refractivity contribution in [2.45, 2.75) is 226 Å². The predicted molar refractivity (Wildman–Crippen MR) is 256 cm³/mol. The lowest BCUT2D eigenvalue weighted by Crippen LogP contribution is -2.30. The van der Waals surface area contributed by atoms with Gasteiger partial charge >= 0.3 is 17.9 Å². The van der Waals surface area contributed by atoms with Crippen molar-refractivity contribution in [1.29, 1.82) is 0 Å². The Bertz CT molecular complexity index is 1190. The van der Waals surface area contributed by atoms with Crippen molar-refractivity contribution in [3.8, 4) is 0 Å². The lowest BCUT2D eigenvalue weighted by atomic mass is 10.1. The second kappa shape index (κ2) is 48.3. The molecule has 6 heteroatoms. The molecule has 0 N–H and O–H groups in total. The van der Waals surface area contributed by atoms with Gasteiger partial charge in [0.15, 0.2) is 6.10 Å². The van der Waals surface area contributed by atoms with Crippen LogP contribution in [0.4, 0.5) is 0 Å². The average molecular weight is 835 g/mol. The van der Waals surface area contributed by atoms with E-state index in [-0.39, 0.29) is 31.1 Å². The van der Waals surface area contributed by atoms with E-state index in [0.717, 1.165) is 116 Å². The lowest BCUT2D eigenvalue weighted by Gasteiger charge is -2.18. The van der Waals surface area contributed by atoms with Gasteiger partial charge in [-0.1, -0.05) is 189 Å². The summed E-state index contributed by atoms with van der Waals surface area (Å²) in [6.45, 7) is 6.38. The topological polar surface area (TPSA) is 78.9 Å². The number of allylic oxidation sites excluding steroid dienone is 14. The number of hydrogen-bond acceptors (Lipinski definition) is 6. The van der Waals surface area contributed by atoms with Gasteiger partial charge in [-0.15, -0.1) is 0 Å². The van der Waals surface area contributed by atoms with E-state index in [1.54, 1.807) is 0 Å². The molecule has 0 amide bonds. The van der Waals surface area contributed by atoms with Crippen LogP contribution in [0.15, 0.2) is 85.1 Å². The highest BCUT2D eigenvalue weighted by Gasteiger charge is 2.19. The van der Waals surface area contributed by atoms with E-state index in [9.17, 15) is 14.4 Å². The van der Waals surface area contributed by atoms with Crippen LogP contribution in [0.2, 0.25) is 0 Å². The summed E-state index contributed by atoms with van der Waals surface area (Å²) in [7, 11) is 0. The summed E-state index contributed by atoms with van der Waals surface area (Å²) in [4.78, 5) is 37.6. The van der Waals surface area contributed by atoms with Gasteiger partial charge in [0.05, 0.1) is 0 Å². The van der Waals surface area contributed by atoms with Crippen LogP contribution in [0.5, 0.6) is 0 Å². The van der Waals surface area contributed by atoms with Crippen molar-refractivity contribution in [2.24, 2.45) is 0 Å². The molecular weight excluding hydrogens is 745 g/mol. The minimum Gasteiger partial charge on any atom is -0.462 e. The molecule has 0 aliphatic heterocycles. The number of unbranched alkanes of at least 4 members (excludes halogenated alkanes) is 18. The summed E-state index contributed by atoms with van der Waals surface area (Å²) in [6.07, 6.45) is 61.7. The Morgan fingerprint density at radius 3 is 1.05 bits per heavy atom. The summed E-state index contributed by atoms with van der Waals surface area (Å²) in [5.41, 5.74) is 0. The van der Waals surface area contributed by atoms with Crippen LogP contribution in [0.3, 0.4) is 0 Å². The minimum atomic E-state index is -0.790. The number of carbonyl (C=O) groups is 3. The van der Waals surface area contributed by atoms with E-state index in [1.807, 2.05) is 0 Å². The van der Waals surface area contributed by atoms with Gasteiger partial charge in [0, 0.05) is 19.3 Å². The van der Waals surface area contributed by atoms with Gasteiger partial charge in [-0.25, -0.2) is 0 Å². The Labute approximate surface area is 369 Å². The lowest BCUT2D eigenvalue weighted by molar-refractivity contribution is -0.167. The van der Waals surface area contributed by atoms with Crippen LogP contribution >= 0.6 is 0 Å². The van der Waals surface area contributed by atoms with Crippen LogP contribution in [0.25, 0.3) is 0 Å². The second-order valence-electron chi connectivity index (χ2n) is 16.0. The van der Waals surface area contributed by atoms with Gasteiger partial charge in [-0.05, 0) is 96.3 Å². The normalized spacial score (nSPS) is 12.8. The summed E-state index contributed by atoms with van der Waals surface area (Å²) >= 11 is 0. The van der Waals surface area contributed by atoms with Crippen LogP contribution in [-0.4, -0.2) is 37.2 Å². The van der Waals surface area contributed by atoms with E-state index >= 15 is 0 Å². The first-order valence-corrected chi connectivity index (χ1v) is 24.6. The van der Waals surface area contributed by atoms with Crippen molar-refractivity contribution in [1.82, 2.24) is 0 Å². The number of ether oxygens (including phenoxy) is 3. The highest BCUT2D eigenvalue weighted by molar-refractivity contribution is 5.71. The van der Waals surface area contributed by atoms with E-state index in [2.05, 4.69) is 106 Å². The zero-order valence-corrected chi connectivity index (χ0v) is 38.9. The Hall–Kier alpha value is -3.41. The first-order valence-electron chi connectivity index (χ1n) is 24.6. The SMILES string of the molecule is CC/C=C\C/C=C\C/C=C\C/C=C\C/C=C\CCCCCC(=O)OCC(COC(=O)CCCCCCC)OC(=O)CCCCCCCCC/C=C\C/C=C\CCCCCC. The first kappa shape index (κ1) is 56.6. The van der Waals surface area contributed by atoms with E-state index in [0.29, 0.717) is 19.3 Å². The van der Waals surface area contributed by atoms with Crippen molar-refractivity contribution < 1.29 is 28.6 Å². The summed E-state index contributed by atoms with van der Waals surface area (Å²) < 4.78 is 16.6. The standard InChI is InChI=1S/C54H90O6/c1-4-7-10-13-15-17-19-21-23-25-27-29-30-32-34-36-38-41-44-47-53(56)59-50-51(49-58-52(55)46-43-40-12-9-6-3)60-54(57)48-45-42-39-37-35-33-31-28-26-24-22-20-18-16-14-11-8-5-2/h7,10,15,17-18,20-21,23-24,26-27,29,32,34,51H,4-6,8-9,11-14,16,19,22,25,28,30-31,33,35-50H2,1-3H3/b10-7-,17-15-,20-18-,23-21-,26-24-,29-27-,34-32-. The summed E-state index contributed by atoms with van der Waals surface area (Å²) in [6, 6.07) is 0. The Morgan fingerprint density at radius 2 is 0.650 bits per heavy atom. The molecule has 0 bridgehead atoms. The molecule has 0 aliphatic carbocycles. The monoisotopic (exact) mass is 835 g/mol. The first-order chi connectivity index (χ1) is 29.5. The van der Waals surface area contributed by atoms with Crippen LogP contribution in [0.1, 0.15) is 220 Å². The third kappa shape index (κ3) is 45.7. The molecule has 6 nitrogen and oxygen atoms in total. The fraction of sp³-hybridized carbons (Fsp3) is 0.685. The molecule has 0 saturated heterocycles. The number of esters is 3. The number of hydrogen-bond donors (Lipinski definition) is 0. The van der Waals surface area contributed by atoms with Gasteiger partial charge in [0.1, 0.15) is 13.2 Å². The van der Waals surface area contributed by atoms with Crippen molar-refractivity contribution in [3.63, 3.8) is 0 Å². The molecule has 0 heterocycles. The molecule has 1 unspecified atom stereocenters. The zero-order chi connectivity index (χ0) is 43.7. The summed E-state index contributed by atoms with van der Waals surface area (Å²) in [5, 5.41) is 0. The van der Waals surface area contributed by atoms with E-state index in [4.69, 9.17) is 14.2 Å². The maximum absolute atomic E-state index is 12.7. The molecule has 0 aliphatic rings. The highest BCUT2D eigenvalue weighted by Crippen LogP contribution is 2.13. The van der Waals surface area contributed by atoms with Crippen molar-refractivity contribution in [2.75, 3.05) is 13.2 Å². The number of rotatable bonds is 43. The third-order valence-corrected chi connectivity index (χ3v) is 10.1. The molecule has 0 fully saturated rings. The average Bonchev–Trinajstić information content (AvgIpc) is 3.24. The Morgan fingerprint density at radius 1 is 0.350 bits per heavy atom. The van der Waals surface area contributed by atoms with Gasteiger partial charge < -0.3 is 14.2 Å². The van der Waals surface area contributed by atoms with Gasteiger partial charge in [0.2, 0.25) is 0 Å². The molecular formula is C54H90O6. The molecule has 0 aromatic heterocycles. The van der Waals surface area contributed by atoms with Crippen LogP contribution in [0, 0.1) is 0 Å². The smallest absolute Gasteiger partial charge is 0.306 e. The molecule has 0 spiro atoms. The quantitative estimate of drug-likeness (QED) is 0.0263. The Kier molecular flexibility index (Phi) is 45.5. The second-order valence-corrected chi connectivity index (χ2v) is 16.0. The van der Waals surface area contributed by atoms with Crippen LogP contribution < -0.4 is 0 Å². The molecule has 0 aromatic rings. The molecule has 60 heavy (non-hydrogen) atoms. The summed E-state index contributed by atoms with van der Waals surface area (Å²) in [5.74, 6) is -0.951. The van der Waals surface area contributed by atoms with Crippen molar-refractivity contribution >= 4 is 17.9 Å².